The number of imide groups is 1. The third-order valence-corrected chi connectivity index (χ3v) is 5.60. The van der Waals surface area contributed by atoms with Crippen molar-refractivity contribution in [2.75, 3.05) is 13.1 Å². The molecule has 1 saturated heterocycles. The Bertz CT molecular complexity index is 1050. The Morgan fingerprint density at radius 2 is 1.77 bits per heavy atom. The van der Waals surface area contributed by atoms with E-state index < -0.39 is 0 Å². The zero-order valence-electron chi connectivity index (χ0n) is 17.4. The molecule has 2 aliphatic heterocycles. The summed E-state index contributed by atoms with van der Waals surface area (Å²) in [7, 11) is 0. The molecule has 4 rings (SSSR count). The van der Waals surface area contributed by atoms with Crippen LogP contribution in [0.1, 0.15) is 68.3 Å². The lowest BCUT2D eigenvalue weighted by atomic mass is 10.0. The van der Waals surface area contributed by atoms with Crippen LogP contribution in [0.4, 0.5) is 0 Å². The molecule has 2 aromatic rings. The van der Waals surface area contributed by atoms with Crippen molar-refractivity contribution >= 4 is 23.6 Å². The zero-order chi connectivity index (χ0) is 22.1. The molecule has 0 unspecified atom stereocenters. The topological polar surface area (TPSA) is 113 Å². The van der Waals surface area contributed by atoms with Gasteiger partial charge in [-0.2, -0.15) is 0 Å². The van der Waals surface area contributed by atoms with Crippen LogP contribution in [-0.4, -0.2) is 68.6 Å². The smallest absolute Gasteiger partial charge is 0.274 e. The van der Waals surface area contributed by atoms with Gasteiger partial charge in [-0.05, 0) is 44.9 Å². The van der Waals surface area contributed by atoms with Crippen molar-refractivity contribution in [1.29, 1.82) is 0 Å². The summed E-state index contributed by atoms with van der Waals surface area (Å²) >= 11 is 0. The number of piperidine rings is 1. The molecule has 0 spiro atoms. The molecular weight excluding hydrogens is 398 g/mol. The van der Waals surface area contributed by atoms with Gasteiger partial charge in [-0.3, -0.25) is 29.1 Å². The van der Waals surface area contributed by atoms with Gasteiger partial charge in [0.25, 0.3) is 23.6 Å². The van der Waals surface area contributed by atoms with Gasteiger partial charge in [0.2, 0.25) is 0 Å². The number of nitrogens with zero attached hydrogens (tertiary/aromatic N) is 4. The molecular formula is C22H23N5O4. The summed E-state index contributed by atoms with van der Waals surface area (Å²) in [5, 5.41) is 2.97. The molecule has 3 heterocycles. The molecule has 1 N–H and O–H groups in total. The van der Waals surface area contributed by atoms with Crippen LogP contribution < -0.4 is 5.32 Å². The molecule has 9 heteroatoms. The summed E-state index contributed by atoms with van der Waals surface area (Å²) in [6.07, 6.45) is 5.66. The maximum Gasteiger partial charge on any atom is 0.274 e. The first-order valence-corrected chi connectivity index (χ1v) is 10.2. The fourth-order valence-corrected chi connectivity index (χ4v) is 3.94. The molecule has 1 aromatic heterocycles. The summed E-state index contributed by atoms with van der Waals surface area (Å²) < 4.78 is 0. The second-order valence-corrected chi connectivity index (χ2v) is 7.97. The highest BCUT2D eigenvalue weighted by Gasteiger charge is 2.37. The van der Waals surface area contributed by atoms with Crippen LogP contribution in [0.5, 0.6) is 0 Å². The van der Waals surface area contributed by atoms with Crippen molar-refractivity contribution in [2.24, 2.45) is 0 Å². The molecule has 31 heavy (non-hydrogen) atoms. The SMILES string of the molecule is CC(C)N1C(=O)c2ccc(C(=O)NC3CCN(C(=O)c4cnccn4)CC3)cc2C1=O. The summed E-state index contributed by atoms with van der Waals surface area (Å²) in [5.41, 5.74) is 1.23. The van der Waals surface area contributed by atoms with Crippen LogP contribution in [0.25, 0.3) is 0 Å². The summed E-state index contributed by atoms with van der Waals surface area (Å²) in [4.78, 5) is 61.0. The number of carbonyl (C=O) groups excluding carboxylic acids is 4. The Morgan fingerprint density at radius 1 is 1.06 bits per heavy atom. The third kappa shape index (κ3) is 3.90. The van der Waals surface area contributed by atoms with Crippen LogP contribution in [0.3, 0.4) is 0 Å². The van der Waals surface area contributed by atoms with Crippen LogP contribution in [0, 0.1) is 0 Å². The summed E-state index contributed by atoms with van der Waals surface area (Å²) in [6, 6.07) is 4.25. The van der Waals surface area contributed by atoms with E-state index in [4.69, 9.17) is 0 Å². The second-order valence-electron chi connectivity index (χ2n) is 7.97. The Kier molecular flexibility index (Phi) is 5.50. The van der Waals surface area contributed by atoms with E-state index in [0.717, 1.165) is 0 Å². The van der Waals surface area contributed by atoms with Crippen molar-refractivity contribution in [3.8, 4) is 0 Å². The maximum absolute atomic E-state index is 12.7. The minimum absolute atomic E-state index is 0.0869. The first-order chi connectivity index (χ1) is 14.9. The fraction of sp³-hybridized carbons (Fsp3) is 0.364. The van der Waals surface area contributed by atoms with E-state index in [9.17, 15) is 19.2 Å². The predicted molar refractivity (Wildman–Crippen MR) is 111 cm³/mol. The fourth-order valence-electron chi connectivity index (χ4n) is 3.94. The predicted octanol–water partition coefficient (Wildman–Crippen LogP) is 1.52. The molecule has 0 aliphatic carbocycles. The van der Waals surface area contributed by atoms with E-state index in [1.54, 1.807) is 24.8 Å². The van der Waals surface area contributed by atoms with E-state index in [1.165, 1.54) is 35.6 Å². The molecule has 0 atom stereocenters. The van der Waals surface area contributed by atoms with Crippen molar-refractivity contribution in [3.05, 3.63) is 59.2 Å². The highest BCUT2D eigenvalue weighted by Crippen LogP contribution is 2.26. The average Bonchev–Trinajstić information content (AvgIpc) is 3.04. The number of aromatic nitrogens is 2. The molecule has 2 aliphatic rings. The molecule has 0 saturated carbocycles. The van der Waals surface area contributed by atoms with Crippen LogP contribution in [0.2, 0.25) is 0 Å². The van der Waals surface area contributed by atoms with Crippen molar-refractivity contribution < 1.29 is 19.2 Å². The summed E-state index contributed by atoms with van der Waals surface area (Å²) in [5.74, 6) is -1.18. The van der Waals surface area contributed by atoms with E-state index in [-0.39, 0.29) is 41.3 Å². The monoisotopic (exact) mass is 421 g/mol. The average molecular weight is 421 g/mol. The molecule has 1 aromatic carbocycles. The van der Waals surface area contributed by atoms with Crippen LogP contribution in [0.15, 0.2) is 36.8 Å². The molecule has 1 fully saturated rings. The molecule has 0 radical (unpaired) electrons. The number of carbonyl (C=O) groups is 4. The molecule has 160 valence electrons. The van der Waals surface area contributed by atoms with E-state index in [1.807, 2.05) is 0 Å². The van der Waals surface area contributed by atoms with Gasteiger partial charge in [-0.25, -0.2) is 4.98 Å². The lowest BCUT2D eigenvalue weighted by molar-refractivity contribution is 0.0607. The number of amides is 4. The molecule has 9 nitrogen and oxygen atoms in total. The van der Waals surface area contributed by atoms with Gasteiger partial charge in [0.15, 0.2) is 0 Å². The van der Waals surface area contributed by atoms with Gasteiger partial charge in [0.1, 0.15) is 5.69 Å². The first kappa shape index (κ1) is 20.6. The molecule has 0 bridgehead atoms. The number of fused-ring (bicyclic) bond motifs is 1. The van der Waals surface area contributed by atoms with Gasteiger partial charge < -0.3 is 10.2 Å². The maximum atomic E-state index is 12.7. The Hall–Kier alpha value is -3.62. The van der Waals surface area contributed by atoms with Crippen molar-refractivity contribution in [3.63, 3.8) is 0 Å². The first-order valence-electron chi connectivity index (χ1n) is 10.2. The highest BCUT2D eigenvalue weighted by atomic mass is 16.2. The normalized spacial score (nSPS) is 16.6. The van der Waals surface area contributed by atoms with Gasteiger partial charge in [-0.15, -0.1) is 0 Å². The van der Waals surface area contributed by atoms with Gasteiger partial charge >= 0.3 is 0 Å². The van der Waals surface area contributed by atoms with Gasteiger partial charge in [0.05, 0.1) is 17.3 Å². The number of rotatable bonds is 4. The Labute approximate surface area is 179 Å². The van der Waals surface area contributed by atoms with Crippen LogP contribution >= 0.6 is 0 Å². The minimum Gasteiger partial charge on any atom is -0.349 e. The second kappa shape index (κ2) is 8.25. The summed E-state index contributed by atoms with van der Waals surface area (Å²) in [6.45, 7) is 4.55. The highest BCUT2D eigenvalue weighted by molar-refractivity contribution is 6.22. The van der Waals surface area contributed by atoms with E-state index in [0.29, 0.717) is 42.8 Å². The van der Waals surface area contributed by atoms with E-state index in [2.05, 4.69) is 15.3 Å². The number of hydrogen-bond donors (Lipinski definition) is 1. The number of benzene rings is 1. The standard InChI is InChI=1S/C22H23N5O4/c1-13(2)27-20(29)16-4-3-14(11-17(16)21(27)30)19(28)25-15-5-9-26(10-6-15)22(31)18-12-23-7-8-24-18/h3-4,7-8,11-13,15H,5-6,9-10H2,1-2H3,(H,25,28). The van der Waals surface area contributed by atoms with E-state index >= 15 is 0 Å². The quantitative estimate of drug-likeness (QED) is 0.749. The minimum atomic E-state index is -0.375. The van der Waals surface area contributed by atoms with Crippen molar-refractivity contribution in [2.45, 2.75) is 38.8 Å². The van der Waals surface area contributed by atoms with Gasteiger partial charge in [-0.1, -0.05) is 0 Å². The largest absolute Gasteiger partial charge is 0.349 e. The number of likely N-dealkylation sites (tertiary alicyclic amines) is 1. The van der Waals surface area contributed by atoms with Crippen LogP contribution in [-0.2, 0) is 0 Å². The third-order valence-electron chi connectivity index (χ3n) is 5.60. The molecule has 4 amide bonds. The number of hydrogen-bond acceptors (Lipinski definition) is 6. The lowest BCUT2D eigenvalue weighted by Crippen LogP contribution is -2.46. The lowest BCUT2D eigenvalue weighted by Gasteiger charge is -2.32. The Balaban J connectivity index is 1.38. The van der Waals surface area contributed by atoms with Crippen molar-refractivity contribution in [1.82, 2.24) is 25.1 Å². The zero-order valence-corrected chi connectivity index (χ0v) is 17.4. The number of nitrogens with one attached hydrogen (secondary N) is 1. The van der Waals surface area contributed by atoms with Gasteiger partial charge in [0, 0.05) is 43.1 Å². The Morgan fingerprint density at radius 3 is 2.42 bits per heavy atom.